The predicted octanol–water partition coefficient (Wildman–Crippen LogP) is 2.10. The molecular weight excluding hydrogens is 263 g/mol. The van der Waals surface area contributed by atoms with E-state index in [1.807, 2.05) is 0 Å². The standard InChI is InChI=1S/C14H11FN2O3/c15-11-4-2-1-3-9(11)7-13(18)17-10-5-6-12(14(19)20)16-8-10/h1-6,8H,7H2,(H,17,18)(H,19,20). The van der Waals surface area contributed by atoms with Gasteiger partial charge in [0, 0.05) is 0 Å². The van der Waals surface area contributed by atoms with E-state index in [2.05, 4.69) is 10.3 Å². The molecule has 0 atom stereocenters. The van der Waals surface area contributed by atoms with E-state index in [0.29, 0.717) is 11.3 Å². The minimum absolute atomic E-state index is 0.104. The van der Waals surface area contributed by atoms with Gasteiger partial charge in [0.1, 0.15) is 11.5 Å². The second-order valence-electron chi connectivity index (χ2n) is 4.05. The second kappa shape index (κ2) is 5.92. The normalized spacial score (nSPS) is 10.1. The third-order valence-electron chi connectivity index (χ3n) is 2.58. The molecule has 6 heteroatoms. The van der Waals surface area contributed by atoms with Crippen molar-refractivity contribution in [2.45, 2.75) is 6.42 Å². The summed E-state index contributed by atoms with van der Waals surface area (Å²) in [5, 5.41) is 11.2. The molecule has 0 aliphatic rings. The van der Waals surface area contributed by atoms with Crippen LogP contribution in [0.4, 0.5) is 10.1 Å². The highest BCUT2D eigenvalue weighted by molar-refractivity contribution is 5.92. The zero-order valence-corrected chi connectivity index (χ0v) is 10.3. The first-order valence-corrected chi connectivity index (χ1v) is 5.79. The fourth-order valence-electron chi connectivity index (χ4n) is 1.61. The number of hydrogen-bond acceptors (Lipinski definition) is 3. The summed E-state index contributed by atoms with van der Waals surface area (Å²) in [5.41, 5.74) is 0.536. The second-order valence-corrected chi connectivity index (χ2v) is 4.05. The Kier molecular flexibility index (Phi) is 4.05. The quantitative estimate of drug-likeness (QED) is 0.894. The third-order valence-corrected chi connectivity index (χ3v) is 2.58. The molecule has 1 amide bonds. The predicted molar refractivity (Wildman–Crippen MR) is 69.9 cm³/mol. The van der Waals surface area contributed by atoms with Crippen LogP contribution in [0.1, 0.15) is 16.1 Å². The van der Waals surface area contributed by atoms with Gasteiger partial charge in [0.25, 0.3) is 0 Å². The highest BCUT2D eigenvalue weighted by atomic mass is 19.1. The monoisotopic (exact) mass is 274 g/mol. The van der Waals surface area contributed by atoms with Gasteiger partial charge in [-0.25, -0.2) is 14.2 Å². The number of benzene rings is 1. The van der Waals surface area contributed by atoms with E-state index < -0.39 is 17.7 Å². The summed E-state index contributed by atoms with van der Waals surface area (Å²) < 4.78 is 13.4. The molecule has 1 aromatic heterocycles. The lowest BCUT2D eigenvalue weighted by molar-refractivity contribution is -0.115. The zero-order valence-electron chi connectivity index (χ0n) is 10.3. The molecule has 102 valence electrons. The number of carboxylic acid groups (broad SMARTS) is 1. The molecule has 20 heavy (non-hydrogen) atoms. The van der Waals surface area contributed by atoms with Crippen LogP contribution in [0.3, 0.4) is 0 Å². The summed E-state index contributed by atoms with van der Waals surface area (Å²) in [6.45, 7) is 0. The number of nitrogens with one attached hydrogen (secondary N) is 1. The molecule has 0 aliphatic heterocycles. The minimum Gasteiger partial charge on any atom is -0.477 e. The van der Waals surface area contributed by atoms with Crippen LogP contribution in [-0.4, -0.2) is 22.0 Å². The van der Waals surface area contributed by atoms with Gasteiger partial charge in [0.15, 0.2) is 0 Å². The molecule has 0 bridgehead atoms. The Morgan fingerprint density at radius 3 is 2.55 bits per heavy atom. The largest absolute Gasteiger partial charge is 0.477 e. The number of carboxylic acids is 1. The van der Waals surface area contributed by atoms with Gasteiger partial charge in [0.2, 0.25) is 5.91 Å². The number of amides is 1. The fraction of sp³-hybridized carbons (Fsp3) is 0.0714. The maximum absolute atomic E-state index is 13.4. The van der Waals surface area contributed by atoms with Crippen molar-refractivity contribution in [3.05, 3.63) is 59.7 Å². The molecule has 1 aromatic carbocycles. The van der Waals surface area contributed by atoms with Gasteiger partial charge in [-0.1, -0.05) is 18.2 Å². The number of nitrogens with zero attached hydrogens (tertiary/aromatic N) is 1. The lowest BCUT2D eigenvalue weighted by Gasteiger charge is -2.06. The van der Waals surface area contributed by atoms with E-state index in [1.165, 1.54) is 30.5 Å². The number of anilines is 1. The maximum atomic E-state index is 13.4. The number of aromatic nitrogens is 1. The van der Waals surface area contributed by atoms with Crippen molar-refractivity contribution in [3.63, 3.8) is 0 Å². The maximum Gasteiger partial charge on any atom is 0.354 e. The highest BCUT2D eigenvalue weighted by Gasteiger charge is 2.09. The summed E-state index contributed by atoms with van der Waals surface area (Å²) in [5.74, 6) is -1.99. The van der Waals surface area contributed by atoms with Gasteiger partial charge < -0.3 is 10.4 Å². The summed E-state index contributed by atoms with van der Waals surface area (Å²) in [4.78, 5) is 26.0. The lowest BCUT2D eigenvalue weighted by atomic mass is 10.1. The molecule has 0 fully saturated rings. The molecule has 0 saturated heterocycles. The van der Waals surface area contributed by atoms with Crippen LogP contribution in [0.25, 0.3) is 0 Å². The van der Waals surface area contributed by atoms with Crippen molar-refractivity contribution in [2.24, 2.45) is 0 Å². The zero-order chi connectivity index (χ0) is 14.5. The van der Waals surface area contributed by atoms with Gasteiger partial charge in [-0.2, -0.15) is 0 Å². The molecule has 0 spiro atoms. The smallest absolute Gasteiger partial charge is 0.354 e. The summed E-state index contributed by atoms with van der Waals surface area (Å²) in [6, 6.07) is 8.71. The van der Waals surface area contributed by atoms with Crippen LogP contribution in [0, 0.1) is 5.82 Å². The Balaban J connectivity index is 2.01. The van der Waals surface area contributed by atoms with E-state index in [1.54, 1.807) is 12.1 Å². The minimum atomic E-state index is -1.14. The van der Waals surface area contributed by atoms with E-state index in [9.17, 15) is 14.0 Å². The van der Waals surface area contributed by atoms with Crippen molar-refractivity contribution in [1.82, 2.24) is 4.98 Å². The van der Waals surface area contributed by atoms with Crippen molar-refractivity contribution in [2.75, 3.05) is 5.32 Å². The Hall–Kier alpha value is -2.76. The summed E-state index contributed by atoms with van der Waals surface area (Å²) in [6.07, 6.45) is 1.13. The van der Waals surface area contributed by atoms with Crippen LogP contribution < -0.4 is 5.32 Å². The number of carbonyl (C=O) groups excluding carboxylic acids is 1. The molecule has 1 heterocycles. The third kappa shape index (κ3) is 3.38. The fourth-order valence-corrected chi connectivity index (χ4v) is 1.61. The molecule has 2 aromatic rings. The number of pyridine rings is 1. The molecular formula is C14H11FN2O3. The summed E-state index contributed by atoms with van der Waals surface area (Å²) >= 11 is 0. The summed E-state index contributed by atoms with van der Waals surface area (Å²) in [7, 11) is 0. The molecule has 5 nitrogen and oxygen atoms in total. The molecule has 2 N–H and O–H groups in total. The first kappa shape index (κ1) is 13.7. The topological polar surface area (TPSA) is 79.3 Å². The van der Waals surface area contributed by atoms with E-state index in [0.717, 1.165) is 0 Å². The number of carbonyl (C=O) groups is 2. The average molecular weight is 274 g/mol. The van der Waals surface area contributed by atoms with Crippen LogP contribution in [-0.2, 0) is 11.2 Å². The first-order valence-electron chi connectivity index (χ1n) is 5.79. The molecule has 0 saturated carbocycles. The van der Waals surface area contributed by atoms with Gasteiger partial charge in [-0.3, -0.25) is 4.79 Å². The van der Waals surface area contributed by atoms with Gasteiger partial charge in [-0.15, -0.1) is 0 Å². The molecule has 2 rings (SSSR count). The van der Waals surface area contributed by atoms with Crippen LogP contribution in [0.5, 0.6) is 0 Å². The SMILES string of the molecule is O=C(Cc1ccccc1F)Nc1ccc(C(=O)O)nc1. The van der Waals surface area contributed by atoms with E-state index in [-0.39, 0.29) is 12.1 Å². The van der Waals surface area contributed by atoms with Crippen LogP contribution in [0.2, 0.25) is 0 Å². The van der Waals surface area contributed by atoms with E-state index in [4.69, 9.17) is 5.11 Å². The molecule has 0 unspecified atom stereocenters. The number of hydrogen-bond donors (Lipinski definition) is 2. The number of aromatic carboxylic acids is 1. The number of halogens is 1. The Labute approximate surface area is 114 Å². The van der Waals surface area contributed by atoms with Gasteiger partial charge in [-0.05, 0) is 23.8 Å². The van der Waals surface area contributed by atoms with Crippen LogP contribution in [0.15, 0.2) is 42.6 Å². The highest BCUT2D eigenvalue weighted by Crippen LogP contribution is 2.10. The van der Waals surface area contributed by atoms with Gasteiger partial charge >= 0.3 is 5.97 Å². The molecule has 0 aliphatic carbocycles. The lowest BCUT2D eigenvalue weighted by Crippen LogP contribution is -2.15. The Bertz CT molecular complexity index is 641. The Morgan fingerprint density at radius 1 is 1.20 bits per heavy atom. The van der Waals surface area contributed by atoms with Crippen LogP contribution >= 0.6 is 0 Å². The average Bonchev–Trinajstić information content (AvgIpc) is 2.42. The van der Waals surface area contributed by atoms with Crippen molar-refractivity contribution in [3.8, 4) is 0 Å². The van der Waals surface area contributed by atoms with E-state index >= 15 is 0 Å². The van der Waals surface area contributed by atoms with Crippen molar-refractivity contribution < 1.29 is 19.1 Å². The molecule has 0 radical (unpaired) electrons. The van der Waals surface area contributed by atoms with Crippen molar-refractivity contribution >= 4 is 17.6 Å². The first-order chi connectivity index (χ1) is 9.56. The Morgan fingerprint density at radius 2 is 1.95 bits per heavy atom. The number of rotatable bonds is 4. The van der Waals surface area contributed by atoms with Crippen molar-refractivity contribution in [1.29, 1.82) is 0 Å². The van der Waals surface area contributed by atoms with Gasteiger partial charge in [0.05, 0.1) is 18.3 Å².